The number of fused-ring (bicyclic) bond motifs is 2. The molecule has 2 heterocycles. The molecule has 0 saturated carbocycles. The van der Waals surface area contributed by atoms with Gasteiger partial charge < -0.3 is 18.6 Å². The molecule has 0 radical (unpaired) electrons. The molecule has 2 aromatic carbocycles. The van der Waals surface area contributed by atoms with Gasteiger partial charge in [0, 0.05) is 34.2 Å². The molecule has 0 N–H and O–H groups in total. The summed E-state index contributed by atoms with van der Waals surface area (Å²) >= 11 is 0. The lowest BCUT2D eigenvalue weighted by molar-refractivity contribution is 0.0514. The highest BCUT2D eigenvalue weighted by Crippen LogP contribution is 2.36. The molecule has 1 aliphatic rings. The highest BCUT2D eigenvalue weighted by Gasteiger charge is 2.38. The van der Waals surface area contributed by atoms with E-state index in [1.54, 1.807) is 36.8 Å². The number of carbonyl (C=O) groups is 4. The monoisotopic (exact) mass is 538 g/mol. The van der Waals surface area contributed by atoms with Gasteiger partial charge in [-0.2, -0.15) is 0 Å². The van der Waals surface area contributed by atoms with Crippen LogP contribution < -0.4 is 0 Å². The fourth-order valence-corrected chi connectivity index (χ4v) is 5.68. The second-order valence-electron chi connectivity index (χ2n) is 9.55. The lowest BCUT2D eigenvalue weighted by Gasteiger charge is -2.17. The third-order valence-corrected chi connectivity index (χ3v) is 7.21. The molecule has 0 fully saturated rings. The molecule has 204 valence electrons. The van der Waals surface area contributed by atoms with Gasteiger partial charge in [-0.1, -0.05) is 36.4 Å². The molecular weight excluding hydrogens is 508 g/mol. The SMILES string of the molecule is CCOC(=O)c1c2c(n(-c3ccccc3)c1C)CC(=O)c1c(C(=O)OCC)c(C)n(-c3ccccc3)c1CC2=O. The van der Waals surface area contributed by atoms with Crippen LogP contribution in [0.15, 0.2) is 60.7 Å². The Balaban J connectivity index is 1.81. The van der Waals surface area contributed by atoms with E-state index >= 15 is 0 Å². The summed E-state index contributed by atoms with van der Waals surface area (Å²) in [7, 11) is 0. The lowest BCUT2D eigenvalue weighted by atomic mass is 9.90. The van der Waals surface area contributed by atoms with Crippen molar-refractivity contribution in [2.45, 2.75) is 40.5 Å². The number of esters is 2. The molecule has 8 nitrogen and oxygen atoms in total. The van der Waals surface area contributed by atoms with Gasteiger partial charge >= 0.3 is 11.9 Å². The van der Waals surface area contributed by atoms with Crippen molar-refractivity contribution >= 4 is 23.5 Å². The number of rotatable bonds is 6. The minimum absolute atomic E-state index is 0.139. The maximum absolute atomic E-state index is 14.2. The molecule has 0 amide bonds. The van der Waals surface area contributed by atoms with E-state index in [0.29, 0.717) is 34.2 Å². The van der Waals surface area contributed by atoms with Crippen LogP contribution >= 0.6 is 0 Å². The Morgan fingerprint density at radius 1 is 0.650 bits per heavy atom. The van der Waals surface area contributed by atoms with Crippen LogP contribution in [0.3, 0.4) is 0 Å². The van der Waals surface area contributed by atoms with Gasteiger partial charge in [-0.15, -0.1) is 0 Å². The van der Waals surface area contributed by atoms with E-state index in [2.05, 4.69) is 0 Å². The molecular formula is C32H30N2O6. The molecule has 0 unspecified atom stereocenters. The molecule has 0 saturated heterocycles. The van der Waals surface area contributed by atoms with Crippen molar-refractivity contribution in [1.82, 2.24) is 9.13 Å². The Hall–Kier alpha value is -4.72. The minimum atomic E-state index is -0.616. The molecule has 8 heteroatoms. The number of hydrogen-bond acceptors (Lipinski definition) is 6. The number of ether oxygens (including phenoxy) is 2. The summed E-state index contributed by atoms with van der Waals surface area (Å²) in [4.78, 5) is 54.8. The van der Waals surface area contributed by atoms with E-state index in [9.17, 15) is 19.2 Å². The summed E-state index contributed by atoms with van der Waals surface area (Å²) < 4.78 is 14.3. The van der Waals surface area contributed by atoms with E-state index in [1.165, 1.54) is 0 Å². The molecule has 40 heavy (non-hydrogen) atoms. The summed E-state index contributed by atoms with van der Waals surface area (Å²) in [5.41, 5.74) is 3.88. The Bertz CT molecular complexity index is 1520. The summed E-state index contributed by atoms with van der Waals surface area (Å²) in [6.07, 6.45) is -0.401. The van der Waals surface area contributed by atoms with E-state index in [0.717, 1.165) is 0 Å². The van der Waals surface area contributed by atoms with Crippen molar-refractivity contribution in [2.24, 2.45) is 0 Å². The normalized spacial score (nSPS) is 12.8. The molecule has 2 aromatic heterocycles. The third kappa shape index (κ3) is 4.35. The van der Waals surface area contributed by atoms with E-state index < -0.39 is 11.9 Å². The first-order chi connectivity index (χ1) is 19.3. The fraction of sp³-hybridized carbons (Fsp3) is 0.250. The molecule has 5 rings (SSSR count). The summed E-state index contributed by atoms with van der Waals surface area (Å²) in [6.45, 7) is 7.17. The number of aromatic nitrogens is 2. The number of para-hydroxylation sites is 2. The van der Waals surface area contributed by atoms with Crippen LogP contribution in [-0.4, -0.2) is 45.9 Å². The molecule has 0 bridgehead atoms. The van der Waals surface area contributed by atoms with Crippen LogP contribution in [0.1, 0.15) is 78.1 Å². The van der Waals surface area contributed by atoms with Crippen LogP contribution in [0.2, 0.25) is 0 Å². The Morgan fingerprint density at radius 2 is 1.00 bits per heavy atom. The van der Waals surface area contributed by atoms with Gasteiger partial charge in [-0.25, -0.2) is 9.59 Å². The smallest absolute Gasteiger partial charge is 0.340 e. The molecule has 4 aromatic rings. The van der Waals surface area contributed by atoms with Gasteiger partial charge in [-0.05, 0) is 52.0 Å². The van der Waals surface area contributed by atoms with Crippen LogP contribution in [0.25, 0.3) is 11.4 Å². The maximum Gasteiger partial charge on any atom is 0.340 e. The molecule has 0 atom stereocenters. The number of hydrogen-bond donors (Lipinski definition) is 0. The zero-order chi connectivity index (χ0) is 28.6. The number of Topliss-reactive ketones (excluding diaryl/α,β-unsaturated/α-hetero) is 2. The van der Waals surface area contributed by atoms with Crippen molar-refractivity contribution in [2.75, 3.05) is 13.2 Å². The average Bonchev–Trinajstić information content (AvgIpc) is 3.39. The van der Waals surface area contributed by atoms with Crippen LogP contribution in [0, 0.1) is 13.8 Å². The first-order valence-electron chi connectivity index (χ1n) is 13.3. The lowest BCUT2D eigenvalue weighted by Crippen LogP contribution is -2.22. The van der Waals surface area contributed by atoms with Crippen LogP contribution in [0.5, 0.6) is 0 Å². The number of benzene rings is 2. The zero-order valence-electron chi connectivity index (χ0n) is 22.9. The van der Waals surface area contributed by atoms with Crippen LogP contribution in [-0.2, 0) is 22.3 Å². The topological polar surface area (TPSA) is 96.6 Å². The standard InChI is InChI=1S/C32H30N2O6/c1-5-39-31(37)27-19(3)33(21-13-9-7-10-14-21)23-17-26(36)30-24(18-25(35)29(23)27)34(22-15-11-8-12-16-22)20(4)28(30)32(38)40-6-2/h7-16H,5-6,17-18H2,1-4H3. The van der Waals surface area contributed by atoms with Crippen molar-refractivity contribution < 1.29 is 28.7 Å². The summed E-state index contributed by atoms with van der Waals surface area (Å²) in [5.74, 6) is -1.91. The second-order valence-corrected chi connectivity index (χ2v) is 9.55. The Morgan fingerprint density at radius 3 is 1.32 bits per heavy atom. The highest BCUT2D eigenvalue weighted by atomic mass is 16.5. The van der Waals surface area contributed by atoms with E-state index in [-0.39, 0.29) is 59.9 Å². The van der Waals surface area contributed by atoms with Gasteiger partial charge in [0.15, 0.2) is 11.6 Å². The Kier molecular flexibility index (Phi) is 7.26. The van der Waals surface area contributed by atoms with Crippen molar-refractivity contribution in [3.05, 3.63) is 106 Å². The second kappa shape index (κ2) is 10.8. The Labute approximate surface area is 232 Å². The van der Waals surface area contributed by atoms with Gasteiger partial charge in [0.05, 0.1) is 48.3 Å². The van der Waals surface area contributed by atoms with Gasteiger partial charge in [0.2, 0.25) is 0 Å². The summed E-state index contributed by atoms with van der Waals surface area (Å²) in [6, 6.07) is 18.5. The molecule has 0 spiro atoms. The van der Waals surface area contributed by atoms with Gasteiger partial charge in [0.25, 0.3) is 0 Å². The van der Waals surface area contributed by atoms with E-state index in [4.69, 9.17) is 9.47 Å². The zero-order valence-corrected chi connectivity index (χ0v) is 22.9. The molecule has 0 aliphatic heterocycles. The molecule has 1 aliphatic carbocycles. The highest BCUT2D eigenvalue weighted by molar-refractivity contribution is 6.15. The van der Waals surface area contributed by atoms with Crippen molar-refractivity contribution in [3.63, 3.8) is 0 Å². The van der Waals surface area contributed by atoms with Gasteiger partial charge in [-0.3, -0.25) is 9.59 Å². The van der Waals surface area contributed by atoms with Crippen LogP contribution in [0.4, 0.5) is 0 Å². The third-order valence-electron chi connectivity index (χ3n) is 7.21. The quantitative estimate of drug-likeness (QED) is 0.305. The number of nitrogens with zero attached hydrogens (tertiary/aromatic N) is 2. The number of carbonyl (C=O) groups excluding carboxylic acids is 4. The minimum Gasteiger partial charge on any atom is -0.462 e. The first-order valence-corrected chi connectivity index (χ1v) is 13.3. The maximum atomic E-state index is 14.2. The largest absolute Gasteiger partial charge is 0.462 e. The predicted octanol–water partition coefficient (Wildman–Crippen LogP) is 5.40. The number of ketones is 2. The van der Waals surface area contributed by atoms with Crippen molar-refractivity contribution in [3.8, 4) is 11.4 Å². The summed E-state index contributed by atoms with van der Waals surface area (Å²) in [5, 5.41) is 0. The predicted molar refractivity (Wildman–Crippen MR) is 149 cm³/mol. The van der Waals surface area contributed by atoms with E-state index in [1.807, 2.05) is 60.7 Å². The average molecular weight is 539 g/mol. The van der Waals surface area contributed by atoms with Crippen molar-refractivity contribution in [1.29, 1.82) is 0 Å². The fourth-order valence-electron chi connectivity index (χ4n) is 5.68. The van der Waals surface area contributed by atoms with Gasteiger partial charge in [0.1, 0.15) is 0 Å². The first kappa shape index (κ1) is 26.9.